The molecule has 0 spiro atoms. The van der Waals surface area contributed by atoms with Crippen molar-refractivity contribution in [2.24, 2.45) is 5.84 Å². The van der Waals surface area contributed by atoms with E-state index in [1.54, 1.807) is 6.20 Å². The fourth-order valence-corrected chi connectivity index (χ4v) is 3.92. The van der Waals surface area contributed by atoms with Crippen molar-refractivity contribution < 1.29 is 0 Å². The Labute approximate surface area is 128 Å². The molecular weight excluding hydrogens is 262 g/mol. The molecule has 1 saturated heterocycles. The lowest BCUT2D eigenvalue weighted by Gasteiger charge is -2.47. The van der Waals surface area contributed by atoms with Crippen LogP contribution in [0.1, 0.15) is 56.7 Å². The lowest BCUT2D eigenvalue weighted by Crippen LogP contribution is -2.56. The molecule has 0 amide bonds. The molecule has 1 fully saturated rings. The summed E-state index contributed by atoms with van der Waals surface area (Å²) < 4.78 is 0. The van der Waals surface area contributed by atoms with E-state index < -0.39 is 0 Å². The van der Waals surface area contributed by atoms with Crippen LogP contribution in [0.25, 0.3) is 0 Å². The molecule has 5 heteroatoms. The lowest BCUT2D eigenvalue weighted by atomic mass is 9.78. The topological polar surface area (TPSA) is 80.2 Å². The number of nitrogens with zero attached hydrogens (tertiary/aromatic N) is 2. The summed E-state index contributed by atoms with van der Waals surface area (Å²) >= 11 is 0. The summed E-state index contributed by atoms with van der Waals surface area (Å²) in [6.45, 7) is 8.85. The number of aromatic nitrogens is 1. The number of nitrogen functional groups attached to an aromatic ring is 1. The normalized spacial score (nSPS) is 18.1. The zero-order chi connectivity index (χ0) is 15.5. The monoisotopic (exact) mass is 291 g/mol. The van der Waals surface area contributed by atoms with E-state index in [-0.39, 0.29) is 11.6 Å². The number of hydrogen-bond donors (Lipinski definition) is 3. The molecule has 1 atom stereocenters. The number of likely N-dealkylation sites (tertiary alicyclic amines) is 1. The van der Waals surface area contributed by atoms with Crippen LogP contribution >= 0.6 is 0 Å². The Morgan fingerprint density at radius 2 is 1.95 bits per heavy atom. The Morgan fingerprint density at radius 1 is 1.33 bits per heavy atom. The van der Waals surface area contributed by atoms with Crippen molar-refractivity contribution >= 4 is 5.82 Å². The van der Waals surface area contributed by atoms with Gasteiger partial charge in [-0.05, 0) is 57.3 Å². The van der Waals surface area contributed by atoms with E-state index in [4.69, 9.17) is 11.6 Å². The first-order valence-electron chi connectivity index (χ1n) is 8.02. The second-order valence-electron chi connectivity index (χ2n) is 6.03. The van der Waals surface area contributed by atoms with Crippen molar-refractivity contribution in [3.05, 3.63) is 23.4 Å². The minimum atomic E-state index is -0.00678. The number of nitrogens with one attached hydrogen (secondary N) is 1. The molecule has 0 saturated carbocycles. The number of hydrogen-bond acceptors (Lipinski definition) is 5. The predicted molar refractivity (Wildman–Crippen MR) is 87.6 cm³/mol. The van der Waals surface area contributed by atoms with Crippen molar-refractivity contribution in [1.29, 1.82) is 0 Å². The average molecular weight is 291 g/mol. The van der Waals surface area contributed by atoms with Crippen LogP contribution in [0.5, 0.6) is 0 Å². The maximum absolute atomic E-state index is 6.18. The zero-order valence-electron chi connectivity index (χ0n) is 13.5. The molecule has 5 N–H and O–H groups in total. The number of rotatable bonds is 6. The molecule has 1 aromatic heterocycles. The van der Waals surface area contributed by atoms with Crippen molar-refractivity contribution in [3.8, 4) is 0 Å². The molecule has 1 aliphatic rings. The highest BCUT2D eigenvalue weighted by Crippen LogP contribution is 2.41. The summed E-state index contributed by atoms with van der Waals surface area (Å²) in [6.07, 6.45) is 6.36. The van der Waals surface area contributed by atoms with Crippen molar-refractivity contribution in [3.63, 3.8) is 0 Å². The minimum Gasteiger partial charge on any atom is -0.383 e. The molecule has 0 aliphatic carbocycles. The van der Waals surface area contributed by atoms with E-state index in [0.717, 1.165) is 37.1 Å². The second-order valence-corrected chi connectivity index (χ2v) is 6.03. The first-order valence-corrected chi connectivity index (χ1v) is 8.02. The lowest BCUT2D eigenvalue weighted by molar-refractivity contribution is 0.0616. The maximum atomic E-state index is 6.18. The summed E-state index contributed by atoms with van der Waals surface area (Å²) in [6, 6.07) is 2.01. The van der Waals surface area contributed by atoms with Gasteiger partial charge in [-0.3, -0.25) is 16.2 Å². The molecule has 1 unspecified atom stereocenters. The van der Waals surface area contributed by atoms with E-state index in [1.165, 1.54) is 12.8 Å². The standard InChI is InChI=1S/C16H29N5/c1-4-16(5-2,21-10-6-7-11-21)14(20-18)13-12(3)8-9-19-15(13)17/h8-9,14,20H,4-7,10-11,18H2,1-3H3,(H2,17,19). The van der Waals surface area contributed by atoms with Crippen LogP contribution in [0.15, 0.2) is 12.3 Å². The average Bonchev–Trinajstić information content (AvgIpc) is 3.01. The molecule has 2 rings (SSSR count). The van der Waals surface area contributed by atoms with Crippen LogP contribution in [-0.4, -0.2) is 28.5 Å². The van der Waals surface area contributed by atoms with Crippen LogP contribution < -0.4 is 17.0 Å². The second kappa shape index (κ2) is 6.73. The van der Waals surface area contributed by atoms with E-state index in [9.17, 15) is 0 Å². The third kappa shape index (κ3) is 2.78. The quantitative estimate of drug-likeness (QED) is 0.552. The largest absolute Gasteiger partial charge is 0.383 e. The molecule has 0 radical (unpaired) electrons. The zero-order valence-corrected chi connectivity index (χ0v) is 13.5. The van der Waals surface area contributed by atoms with E-state index in [2.05, 4.69) is 36.1 Å². The smallest absolute Gasteiger partial charge is 0.128 e. The van der Waals surface area contributed by atoms with Gasteiger partial charge in [0.2, 0.25) is 0 Å². The summed E-state index contributed by atoms with van der Waals surface area (Å²) in [4.78, 5) is 6.87. The molecule has 118 valence electrons. The van der Waals surface area contributed by atoms with Gasteiger partial charge in [-0.2, -0.15) is 0 Å². The van der Waals surface area contributed by atoms with Crippen molar-refractivity contribution in [2.75, 3.05) is 18.8 Å². The third-order valence-corrected chi connectivity index (χ3v) is 5.19. The first-order chi connectivity index (χ1) is 10.1. The number of hydrazine groups is 1. The molecule has 1 aliphatic heterocycles. The summed E-state index contributed by atoms with van der Waals surface area (Å²) in [5.74, 6) is 6.57. The number of anilines is 1. The first kappa shape index (κ1) is 16.2. The van der Waals surface area contributed by atoms with E-state index in [0.29, 0.717) is 5.82 Å². The highest BCUT2D eigenvalue weighted by Gasteiger charge is 2.43. The van der Waals surface area contributed by atoms with Gasteiger partial charge in [0.15, 0.2) is 0 Å². The van der Waals surface area contributed by atoms with Gasteiger partial charge in [-0.1, -0.05) is 13.8 Å². The van der Waals surface area contributed by atoms with Crippen LogP contribution in [-0.2, 0) is 0 Å². The molecule has 0 bridgehead atoms. The van der Waals surface area contributed by atoms with Crippen molar-refractivity contribution in [2.45, 2.75) is 58.0 Å². The van der Waals surface area contributed by atoms with Crippen LogP contribution in [0.3, 0.4) is 0 Å². The SMILES string of the molecule is CCC(CC)(C(NN)c1c(C)ccnc1N)N1CCCC1. The van der Waals surface area contributed by atoms with Crippen LogP contribution in [0.2, 0.25) is 0 Å². The molecule has 21 heavy (non-hydrogen) atoms. The number of aryl methyl sites for hydroxylation is 1. The Kier molecular flexibility index (Phi) is 5.19. The van der Waals surface area contributed by atoms with Gasteiger partial charge in [-0.25, -0.2) is 4.98 Å². The minimum absolute atomic E-state index is 0.000648. The fourth-order valence-electron chi connectivity index (χ4n) is 3.92. The maximum Gasteiger partial charge on any atom is 0.128 e. The van der Waals surface area contributed by atoms with Crippen LogP contribution in [0, 0.1) is 6.92 Å². The summed E-state index contributed by atoms with van der Waals surface area (Å²) in [5.41, 5.74) is 11.4. The molecule has 5 nitrogen and oxygen atoms in total. The molecular formula is C16H29N5. The predicted octanol–water partition coefficient (Wildman–Crippen LogP) is 2.13. The van der Waals surface area contributed by atoms with Gasteiger partial charge in [0.25, 0.3) is 0 Å². The van der Waals surface area contributed by atoms with E-state index >= 15 is 0 Å². The highest BCUT2D eigenvalue weighted by molar-refractivity contribution is 5.47. The molecule has 0 aromatic carbocycles. The fraction of sp³-hybridized carbons (Fsp3) is 0.688. The van der Waals surface area contributed by atoms with E-state index in [1.807, 2.05) is 6.07 Å². The van der Waals surface area contributed by atoms with Gasteiger partial charge in [0, 0.05) is 17.3 Å². The van der Waals surface area contributed by atoms with Gasteiger partial charge in [0.1, 0.15) is 5.82 Å². The molecule has 1 aromatic rings. The van der Waals surface area contributed by atoms with Gasteiger partial charge < -0.3 is 5.73 Å². The Balaban J connectivity index is 2.49. The van der Waals surface area contributed by atoms with Crippen molar-refractivity contribution in [1.82, 2.24) is 15.3 Å². The Hall–Kier alpha value is -1.17. The Morgan fingerprint density at radius 3 is 2.43 bits per heavy atom. The number of nitrogens with two attached hydrogens (primary N) is 2. The Bertz CT molecular complexity index is 443. The summed E-state index contributed by atoms with van der Waals surface area (Å²) in [7, 11) is 0. The number of pyridine rings is 1. The third-order valence-electron chi connectivity index (χ3n) is 5.19. The van der Waals surface area contributed by atoms with Gasteiger partial charge in [-0.15, -0.1) is 0 Å². The molecule has 2 heterocycles. The van der Waals surface area contributed by atoms with Crippen LogP contribution in [0.4, 0.5) is 5.82 Å². The van der Waals surface area contributed by atoms with Gasteiger partial charge >= 0.3 is 0 Å². The summed E-state index contributed by atoms with van der Waals surface area (Å²) in [5, 5.41) is 0. The van der Waals surface area contributed by atoms with Gasteiger partial charge in [0.05, 0.1) is 6.04 Å². The highest BCUT2D eigenvalue weighted by atomic mass is 15.3.